The highest BCUT2D eigenvalue weighted by Crippen LogP contribution is 2.43. The van der Waals surface area contributed by atoms with Gasteiger partial charge in [-0.3, -0.25) is 15.0 Å². The minimum Gasteiger partial charge on any atom is -0.438 e. The molecule has 11 nitrogen and oxygen atoms in total. The number of nitrogens with two attached hydrogens (primary N) is 1. The summed E-state index contributed by atoms with van der Waals surface area (Å²) in [4.78, 5) is 48.2. The number of benzene rings is 2. The molecular weight excluding hydrogens is 608 g/mol. The molecule has 46 heavy (non-hydrogen) atoms. The Labute approximate surface area is 274 Å². The number of nitrogens with zero attached hydrogens (tertiary/aromatic N) is 4. The standard InChI is InChI=1S/C34H41ClN6O5/c1-3-24-20-23(21-27(35)30(24)36)22-29(31(42)40-18-16-39(17-19-40)25-8-12-38(2)13-9-25)45-33(44)41-14-10-34(11-15-41)26-6-4-5-7-28(26)37-32(43)46-34/h1,4-7,20-21,25,29H,8-19,22,36H2,2H3,(H,37,43)/t29-/m1/s1. The number of hydrogen-bond donors (Lipinski definition) is 2. The van der Waals surface area contributed by atoms with Crippen LogP contribution in [0.1, 0.15) is 42.4 Å². The lowest BCUT2D eigenvalue weighted by molar-refractivity contribution is -0.143. The van der Waals surface area contributed by atoms with Crippen molar-refractivity contribution in [3.63, 3.8) is 0 Å². The molecule has 0 unspecified atom stereocenters. The number of piperazine rings is 1. The van der Waals surface area contributed by atoms with E-state index in [4.69, 9.17) is 33.2 Å². The molecule has 4 aliphatic heterocycles. The molecule has 0 radical (unpaired) electrons. The summed E-state index contributed by atoms with van der Waals surface area (Å²) in [6.45, 7) is 5.42. The van der Waals surface area contributed by atoms with E-state index in [9.17, 15) is 14.4 Å². The number of carbonyl (C=O) groups excluding carboxylic acids is 3. The summed E-state index contributed by atoms with van der Waals surface area (Å²) in [6.07, 6.45) is 6.63. The second-order valence-corrected chi connectivity index (χ2v) is 13.1. The van der Waals surface area contributed by atoms with Crippen LogP contribution in [0.2, 0.25) is 5.02 Å². The minimum atomic E-state index is -1.08. The van der Waals surface area contributed by atoms with Crippen LogP contribution in [0, 0.1) is 12.3 Å². The second kappa shape index (κ2) is 13.4. The summed E-state index contributed by atoms with van der Waals surface area (Å²) in [5.74, 6) is 2.29. The summed E-state index contributed by atoms with van der Waals surface area (Å²) in [7, 11) is 2.15. The van der Waals surface area contributed by atoms with Crippen LogP contribution < -0.4 is 11.1 Å². The first kappa shape index (κ1) is 32.0. The third kappa shape index (κ3) is 6.61. The molecule has 0 aliphatic carbocycles. The number of nitrogen functional groups attached to an aromatic ring is 1. The SMILES string of the molecule is C#Cc1cc(C[C@@H](OC(=O)N2CCC3(CC2)OC(=O)Nc2ccccc23)C(=O)N2CCN(C3CCN(C)CC3)CC2)cc(Cl)c1N. The van der Waals surface area contributed by atoms with E-state index in [1.165, 1.54) is 0 Å². The maximum atomic E-state index is 14.0. The Kier molecular flexibility index (Phi) is 9.32. The van der Waals surface area contributed by atoms with E-state index in [0.717, 1.165) is 44.6 Å². The molecule has 12 heteroatoms. The average molecular weight is 649 g/mol. The second-order valence-electron chi connectivity index (χ2n) is 12.7. The fourth-order valence-electron chi connectivity index (χ4n) is 7.15. The lowest BCUT2D eigenvalue weighted by Crippen LogP contribution is -2.56. The summed E-state index contributed by atoms with van der Waals surface area (Å²) in [6, 6.07) is 11.4. The number of rotatable bonds is 5. The largest absolute Gasteiger partial charge is 0.438 e. The van der Waals surface area contributed by atoms with Crippen molar-refractivity contribution in [3.05, 3.63) is 58.1 Å². The Bertz CT molecular complexity index is 1520. The van der Waals surface area contributed by atoms with Crippen molar-refractivity contribution in [1.82, 2.24) is 19.6 Å². The topological polar surface area (TPSA) is 121 Å². The van der Waals surface area contributed by atoms with Crippen LogP contribution in [0.15, 0.2) is 36.4 Å². The first-order valence-electron chi connectivity index (χ1n) is 16.0. The maximum absolute atomic E-state index is 14.0. The highest BCUT2D eigenvalue weighted by atomic mass is 35.5. The average Bonchev–Trinajstić information content (AvgIpc) is 3.06. The van der Waals surface area contributed by atoms with Gasteiger partial charge in [-0.2, -0.15) is 0 Å². The van der Waals surface area contributed by atoms with Crippen LogP contribution in [-0.2, 0) is 26.3 Å². The lowest BCUT2D eigenvalue weighted by atomic mass is 9.82. The number of piperidine rings is 2. The van der Waals surface area contributed by atoms with Crippen LogP contribution in [0.25, 0.3) is 0 Å². The normalized spacial score (nSPS) is 21.1. The molecule has 3 amide bonds. The van der Waals surface area contributed by atoms with Gasteiger partial charge in [0.15, 0.2) is 6.10 Å². The zero-order valence-corrected chi connectivity index (χ0v) is 26.9. The van der Waals surface area contributed by atoms with E-state index >= 15 is 0 Å². The van der Waals surface area contributed by atoms with Crippen molar-refractivity contribution < 1.29 is 23.9 Å². The number of likely N-dealkylation sites (tertiary alicyclic amines) is 2. The molecule has 2 aromatic carbocycles. The van der Waals surface area contributed by atoms with Gasteiger partial charge in [-0.1, -0.05) is 35.7 Å². The van der Waals surface area contributed by atoms with E-state index in [2.05, 4.69) is 28.1 Å². The molecule has 1 spiro atoms. The highest BCUT2D eigenvalue weighted by Gasteiger charge is 2.46. The zero-order valence-electron chi connectivity index (χ0n) is 26.2. The Morgan fingerprint density at radius 3 is 2.48 bits per heavy atom. The number of carbonyl (C=O) groups is 3. The summed E-state index contributed by atoms with van der Waals surface area (Å²) >= 11 is 6.37. The van der Waals surface area contributed by atoms with Crippen molar-refractivity contribution in [1.29, 1.82) is 0 Å². The summed E-state index contributed by atoms with van der Waals surface area (Å²) in [5, 5.41) is 3.04. The van der Waals surface area contributed by atoms with Crippen molar-refractivity contribution in [2.45, 2.75) is 49.9 Å². The molecule has 6 rings (SSSR count). The van der Waals surface area contributed by atoms with Crippen molar-refractivity contribution in [2.24, 2.45) is 0 Å². The van der Waals surface area contributed by atoms with Gasteiger partial charge in [0.2, 0.25) is 0 Å². The van der Waals surface area contributed by atoms with E-state index in [0.29, 0.717) is 67.6 Å². The number of anilines is 2. The van der Waals surface area contributed by atoms with E-state index < -0.39 is 23.9 Å². The first-order valence-corrected chi connectivity index (χ1v) is 16.3. The van der Waals surface area contributed by atoms with Gasteiger partial charge in [-0.05, 0) is 56.7 Å². The Morgan fingerprint density at radius 2 is 1.78 bits per heavy atom. The van der Waals surface area contributed by atoms with Gasteiger partial charge in [0.1, 0.15) is 5.60 Å². The quantitative estimate of drug-likeness (QED) is 0.372. The van der Waals surface area contributed by atoms with Crippen LogP contribution in [0.4, 0.5) is 21.0 Å². The molecule has 3 saturated heterocycles. The van der Waals surface area contributed by atoms with Gasteiger partial charge in [-0.15, -0.1) is 6.42 Å². The summed E-state index contributed by atoms with van der Waals surface area (Å²) < 4.78 is 11.8. The number of fused-ring (bicyclic) bond motifs is 2. The summed E-state index contributed by atoms with van der Waals surface area (Å²) in [5.41, 5.74) is 8.18. The van der Waals surface area contributed by atoms with Crippen LogP contribution >= 0.6 is 11.6 Å². The molecule has 4 heterocycles. The smallest absolute Gasteiger partial charge is 0.412 e. The van der Waals surface area contributed by atoms with Crippen LogP contribution in [-0.4, -0.2) is 109 Å². The van der Waals surface area contributed by atoms with E-state index in [1.807, 2.05) is 24.3 Å². The molecule has 0 bridgehead atoms. The van der Waals surface area contributed by atoms with Crippen molar-refractivity contribution >= 4 is 41.1 Å². The van der Waals surface area contributed by atoms with Crippen molar-refractivity contribution in [3.8, 4) is 12.3 Å². The number of halogens is 1. The fraction of sp³-hybridized carbons (Fsp3) is 0.500. The molecule has 3 N–H and O–H groups in total. The highest BCUT2D eigenvalue weighted by molar-refractivity contribution is 6.33. The molecule has 0 aromatic heterocycles. The number of hydrogen-bond acceptors (Lipinski definition) is 8. The predicted molar refractivity (Wildman–Crippen MR) is 175 cm³/mol. The van der Waals surface area contributed by atoms with E-state index in [1.54, 1.807) is 21.9 Å². The molecular formula is C34H41ClN6O5. The van der Waals surface area contributed by atoms with E-state index in [-0.39, 0.29) is 17.4 Å². The molecule has 2 aromatic rings. The van der Waals surface area contributed by atoms with Gasteiger partial charge in [-0.25, -0.2) is 9.59 Å². The number of para-hydroxylation sites is 1. The number of amides is 3. The van der Waals surface area contributed by atoms with Gasteiger partial charge in [0.25, 0.3) is 5.91 Å². The third-order valence-electron chi connectivity index (χ3n) is 9.89. The Morgan fingerprint density at radius 1 is 1.09 bits per heavy atom. The van der Waals surface area contributed by atoms with Crippen molar-refractivity contribution in [2.75, 3.05) is 70.5 Å². The molecule has 4 aliphatic rings. The van der Waals surface area contributed by atoms with Gasteiger partial charge in [0, 0.05) is 75.7 Å². The molecule has 244 valence electrons. The van der Waals surface area contributed by atoms with Crippen LogP contribution in [0.5, 0.6) is 0 Å². The number of terminal acetylenes is 1. The Hall–Kier alpha value is -3.98. The van der Waals surface area contributed by atoms with Gasteiger partial charge in [0.05, 0.1) is 16.4 Å². The fourth-order valence-corrected chi connectivity index (χ4v) is 7.39. The maximum Gasteiger partial charge on any atom is 0.412 e. The van der Waals surface area contributed by atoms with Gasteiger partial charge < -0.3 is 29.9 Å². The van der Waals surface area contributed by atoms with Crippen LogP contribution in [0.3, 0.4) is 0 Å². The minimum absolute atomic E-state index is 0.100. The number of ether oxygens (including phenoxy) is 2. The monoisotopic (exact) mass is 648 g/mol. The van der Waals surface area contributed by atoms with Gasteiger partial charge >= 0.3 is 12.2 Å². The molecule has 1 atom stereocenters. The zero-order chi connectivity index (χ0) is 32.4. The number of nitrogens with one attached hydrogen (secondary N) is 1. The predicted octanol–water partition coefficient (Wildman–Crippen LogP) is 3.74. The molecule has 0 saturated carbocycles. The molecule has 3 fully saturated rings. The first-order chi connectivity index (χ1) is 22.2. The lowest BCUT2D eigenvalue weighted by Gasteiger charge is -2.44. The third-order valence-corrected chi connectivity index (χ3v) is 10.2. The Balaban J connectivity index is 1.15.